The van der Waals surface area contributed by atoms with Gasteiger partial charge < -0.3 is 10.6 Å². The van der Waals surface area contributed by atoms with Gasteiger partial charge in [0.15, 0.2) is 0 Å². The molecule has 0 aliphatic rings. The molecular formula is C27H31N3O4S. The van der Waals surface area contributed by atoms with Crippen molar-refractivity contribution in [2.45, 2.75) is 45.1 Å². The summed E-state index contributed by atoms with van der Waals surface area (Å²) in [5.41, 5.74) is 2.79. The first-order valence-corrected chi connectivity index (χ1v) is 12.9. The lowest BCUT2D eigenvalue weighted by atomic mass is 10.1. The van der Waals surface area contributed by atoms with Crippen LogP contribution in [0.2, 0.25) is 0 Å². The third-order valence-corrected chi connectivity index (χ3v) is 7.41. The number of hydrogen-bond donors (Lipinski definition) is 2. The SMILES string of the molecule is CC[C@@H](C)NC(=O)c1ccccc1NC(=O)CN(c1cccc(C)c1)S(=O)(=O)c1ccc(C)cc1. The minimum absolute atomic E-state index is 0.0253. The minimum atomic E-state index is -4.03. The van der Waals surface area contributed by atoms with E-state index in [4.69, 9.17) is 0 Å². The largest absolute Gasteiger partial charge is 0.350 e. The maximum atomic E-state index is 13.6. The molecule has 0 saturated heterocycles. The maximum absolute atomic E-state index is 13.6. The number of carbonyl (C=O) groups excluding carboxylic acids is 2. The molecule has 7 nitrogen and oxygen atoms in total. The summed E-state index contributed by atoms with van der Waals surface area (Å²) in [7, 11) is -4.03. The van der Waals surface area contributed by atoms with Crippen molar-refractivity contribution in [3.05, 3.63) is 89.5 Å². The minimum Gasteiger partial charge on any atom is -0.350 e. The number of benzene rings is 3. The van der Waals surface area contributed by atoms with E-state index in [-0.39, 0.29) is 16.8 Å². The van der Waals surface area contributed by atoms with Crippen LogP contribution >= 0.6 is 0 Å². The molecular weight excluding hydrogens is 462 g/mol. The van der Waals surface area contributed by atoms with Crippen molar-refractivity contribution in [1.29, 1.82) is 0 Å². The van der Waals surface area contributed by atoms with Gasteiger partial charge in [-0.05, 0) is 69.2 Å². The molecule has 3 rings (SSSR count). The lowest BCUT2D eigenvalue weighted by molar-refractivity contribution is -0.114. The molecule has 0 heterocycles. The van der Waals surface area contributed by atoms with E-state index < -0.39 is 22.5 Å². The van der Waals surface area contributed by atoms with Crippen molar-refractivity contribution in [1.82, 2.24) is 5.32 Å². The van der Waals surface area contributed by atoms with Gasteiger partial charge in [0.25, 0.3) is 15.9 Å². The first-order valence-electron chi connectivity index (χ1n) is 11.5. The standard InChI is InChI=1S/C27H31N3O4S/c1-5-21(4)28-27(32)24-11-6-7-12-25(24)29-26(31)18-30(22-10-8-9-20(3)17-22)35(33,34)23-15-13-19(2)14-16-23/h6-17,21H,5,18H2,1-4H3,(H,28,32)(H,29,31)/t21-/m1/s1. The second kappa shape index (κ2) is 11.2. The molecule has 35 heavy (non-hydrogen) atoms. The zero-order valence-electron chi connectivity index (χ0n) is 20.4. The van der Waals surface area contributed by atoms with Crippen LogP contribution < -0.4 is 14.9 Å². The van der Waals surface area contributed by atoms with Gasteiger partial charge >= 0.3 is 0 Å². The van der Waals surface area contributed by atoms with Crippen LogP contribution in [0.1, 0.15) is 41.8 Å². The van der Waals surface area contributed by atoms with E-state index in [0.717, 1.165) is 21.9 Å². The van der Waals surface area contributed by atoms with E-state index in [1.807, 2.05) is 33.8 Å². The summed E-state index contributed by atoms with van der Waals surface area (Å²) in [5, 5.41) is 5.61. The molecule has 184 valence electrons. The average molecular weight is 494 g/mol. The Hall–Kier alpha value is -3.65. The van der Waals surface area contributed by atoms with Crippen LogP contribution in [0.3, 0.4) is 0 Å². The van der Waals surface area contributed by atoms with Crippen LogP contribution in [-0.4, -0.2) is 32.8 Å². The molecule has 2 N–H and O–H groups in total. The number of hydrogen-bond acceptors (Lipinski definition) is 4. The number of para-hydroxylation sites is 1. The van der Waals surface area contributed by atoms with Crippen LogP contribution in [0, 0.1) is 13.8 Å². The van der Waals surface area contributed by atoms with Gasteiger partial charge in [-0.1, -0.05) is 48.9 Å². The Morgan fingerprint density at radius 1 is 0.914 bits per heavy atom. The van der Waals surface area contributed by atoms with E-state index in [0.29, 0.717) is 16.9 Å². The van der Waals surface area contributed by atoms with Crippen molar-refractivity contribution in [3.8, 4) is 0 Å². The zero-order valence-corrected chi connectivity index (χ0v) is 21.2. The van der Waals surface area contributed by atoms with Crippen molar-refractivity contribution >= 4 is 33.2 Å². The highest BCUT2D eigenvalue weighted by molar-refractivity contribution is 7.92. The highest BCUT2D eigenvalue weighted by Gasteiger charge is 2.28. The smallest absolute Gasteiger partial charge is 0.264 e. The summed E-state index contributed by atoms with van der Waals surface area (Å²) in [6.07, 6.45) is 0.766. The van der Waals surface area contributed by atoms with E-state index in [1.54, 1.807) is 54.6 Å². The molecule has 0 aliphatic carbocycles. The molecule has 0 unspecified atom stereocenters. The zero-order chi connectivity index (χ0) is 25.6. The van der Waals surface area contributed by atoms with Crippen LogP contribution in [0.15, 0.2) is 77.7 Å². The van der Waals surface area contributed by atoms with Crippen molar-refractivity contribution in [2.75, 3.05) is 16.2 Å². The first-order chi connectivity index (χ1) is 16.6. The monoisotopic (exact) mass is 493 g/mol. The summed E-state index contributed by atoms with van der Waals surface area (Å²) >= 11 is 0. The fraction of sp³-hybridized carbons (Fsp3) is 0.259. The number of rotatable bonds is 9. The van der Waals surface area contributed by atoms with Crippen molar-refractivity contribution in [3.63, 3.8) is 0 Å². The Morgan fingerprint density at radius 3 is 2.26 bits per heavy atom. The fourth-order valence-corrected chi connectivity index (χ4v) is 4.86. The first kappa shape index (κ1) is 26.0. The fourth-order valence-electron chi connectivity index (χ4n) is 3.45. The molecule has 0 spiro atoms. The second-order valence-corrected chi connectivity index (χ2v) is 10.4. The molecule has 2 amide bonds. The number of carbonyl (C=O) groups is 2. The van der Waals surface area contributed by atoms with Crippen LogP contribution in [0.5, 0.6) is 0 Å². The molecule has 3 aromatic carbocycles. The van der Waals surface area contributed by atoms with E-state index in [1.165, 1.54) is 12.1 Å². The van der Waals surface area contributed by atoms with E-state index in [2.05, 4.69) is 10.6 Å². The molecule has 0 aliphatic heterocycles. The van der Waals surface area contributed by atoms with Gasteiger partial charge in [-0.3, -0.25) is 13.9 Å². The van der Waals surface area contributed by atoms with Gasteiger partial charge in [0.1, 0.15) is 6.54 Å². The van der Waals surface area contributed by atoms with Crippen molar-refractivity contribution in [2.24, 2.45) is 0 Å². The van der Waals surface area contributed by atoms with Crippen LogP contribution in [0.4, 0.5) is 11.4 Å². The number of nitrogens with zero attached hydrogens (tertiary/aromatic N) is 1. The molecule has 8 heteroatoms. The molecule has 3 aromatic rings. The van der Waals surface area contributed by atoms with Gasteiger partial charge in [-0.15, -0.1) is 0 Å². The lowest BCUT2D eigenvalue weighted by Gasteiger charge is -2.25. The predicted octanol–water partition coefficient (Wildman–Crippen LogP) is 4.67. The molecule has 0 radical (unpaired) electrons. The normalized spacial score (nSPS) is 12.0. The summed E-state index contributed by atoms with van der Waals surface area (Å²) in [6.45, 7) is 7.13. The van der Waals surface area contributed by atoms with E-state index in [9.17, 15) is 18.0 Å². The third kappa shape index (κ3) is 6.48. The van der Waals surface area contributed by atoms with Gasteiger partial charge in [0, 0.05) is 6.04 Å². The molecule has 0 saturated carbocycles. The molecule has 0 bridgehead atoms. The average Bonchev–Trinajstić information content (AvgIpc) is 2.83. The summed E-state index contributed by atoms with van der Waals surface area (Å²) in [4.78, 5) is 25.9. The van der Waals surface area contributed by atoms with Gasteiger partial charge in [-0.25, -0.2) is 8.42 Å². The van der Waals surface area contributed by atoms with Crippen LogP contribution in [-0.2, 0) is 14.8 Å². The Balaban J connectivity index is 1.91. The Labute approximate surface area is 207 Å². The Morgan fingerprint density at radius 2 is 1.60 bits per heavy atom. The molecule has 0 aromatic heterocycles. The quantitative estimate of drug-likeness (QED) is 0.453. The van der Waals surface area contributed by atoms with Crippen molar-refractivity contribution < 1.29 is 18.0 Å². The summed E-state index contributed by atoms with van der Waals surface area (Å²) in [5.74, 6) is -0.871. The summed E-state index contributed by atoms with van der Waals surface area (Å²) < 4.78 is 28.2. The number of sulfonamides is 1. The van der Waals surface area contributed by atoms with Gasteiger partial charge in [-0.2, -0.15) is 0 Å². The Kier molecular flexibility index (Phi) is 8.30. The third-order valence-electron chi connectivity index (χ3n) is 5.62. The highest BCUT2D eigenvalue weighted by Crippen LogP contribution is 2.25. The predicted molar refractivity (Wildman–Crippen MR) is 139 cm³/mol. The van der Waals surface area contributed by atoms with Gasteiger partial charge in [0.2, 0.25) is 5.91 Å². The number of anilines is 2. The topological polar surface area (TPSA) is 95.6 Å². The summed E-state index contributed by atoms with van der Waals surface area (Å²) in [6, 6.07) is 20.1. The van der Waals surface area contributed by atoms with Crippen LogP contribution in [0.25, 0.3) is 0 Å². The van der Waals surface area contributed by atoms with Gasteiger partial charge in [0.05, 0.1) is 21.8 Å². The number of amides is 2. The Bertz CT molecular complexity index is 1300. The molecule has 1 atom stereocenters. The lowest BCUT2D eigenvalue weighted by Crippen LogP contribution is -2.38. The molecule has 0 fully saturated rings. The highest BCUT2D eigenvalue weighted by atomic mass is 32.2. The maximum Gasteiger partial charge on any atom is 0.264 e. The van der Waals surface area contributed by atoms with E-state index >= 15 is 0 Å². The number of aryl methyl sites for hydroxylation is 2. The second-order valence-electron chi connectivity index (χ2n) is 8.54. The number of nitrogens with one attached hydrogen (secondary N) is 2.